The summed E-state index contributed by atoms with van der Waals surface area (Å²) in [5, 5.41) is 11.1. The van der Waals surface area contributed by atoms with Crippen LogP contribution in [0.25, 0.3) is 0 Å². The van der Waals surface area contributed by atoms with Crippen molar-refractivity contribution in [2.75, 3.05) is 0 Å². The topological polar surface area (TPSA) is 111 Å². The number of sulfonamides is 1. The van der Waals surface area contributed by atoms with E-state index < -0.39 is 20.6 Å². The Morgan fingerprint density at radius 1 is 1.15 bits per heavy atom. The van der Waals surface area contributed by atoms with E-state index in [4.69, 9.17) is 4.74 Å². The maximum atomic E-state index is 12.6. The Morgan fingerprint density at radius 2 is 1.85 bits per heavy atom. The highest BCUT2D eigenvalue weighted by atomic mass is 32.2. The molecule has 0 aliphatic heterocycles. The van der Waals surface area contributed by atoms with Gasteiger partial charge in [0.15, 0.2) is 4.90 Å². The first kappa shape index (κ1) is 19.2. The normalized spacial score (nSPS) is 20.2. The van der Waals surface area contributed by atoms with E-state index >= 15 is 0 Å². The molecular formula is C18H21N3O5S. The van der Waals surface area contributed by atoms with Gasteiger partial charge in [-0.25, -0.2) is 18.1 Å². The average molecular weight is 391 g/mol. The van der Waals surface area contributed by atoms with Crippen molar-refractivity contribution in [1.29, 1.82) is 0 Å². The number of para-hydroxylation sites is 1. The lowest BCUT2D eigenvalue weighted by Crippen LogP contribution is -2.39. The van der Waals surface area contributed by atoms with Gasteiger partial charge in [0.25, 0.3) is 5.69 Å². The molecule has 1 aliphatic rings. The summed E-state index contributed by atoms with van der Waals surface area (Å²) >= 11 is 0. The summed E-state index contributed by atoms with van der Waals surface area (Å²) in [6.07, 6.45) is 4.26. The van der Waals surface area contributed by atoms with Crippen LogP contribution in [0.3, 0.4) is 0 Å². The van der Waals surface area contributed by atoms with Crippen molar-refractivity contribution >= 4 is 15.7 Å². The second-order valence-corrected chi connectivity index (χ2v) is 8.29. The van der Waals surface area contributed by atoms with Gasteiger partial charge in [-0.05, 0) is 44.2 Å². The number of pyridine rings is 1. The van der Waals surface area contributed by atoms with Crippen LogP contribution >= 0.6 is 0 Å². The van der Waals surface area contributed by atoms with Crippen LogP contribution < -0.4 is 9.46 Å². The predicted octanol–water partition coefficient (Wildman–Crippen LogP) is 2.97. The first-order chi connectivity index (χ1) is 12.8. The number of aromatic nitrogens is 1. The highest BCUT2D eigenvalue weighted by Crippen LogP contribution is 2.27. The van der Waals surface area contributed by atoms with Gasteiger partial charge in [0, 0.05) is 24.4 Å². The molecular weight excluding hydrogens is 370 g/mol. The van der Waals surface area contributed by atoms with Crippen LogP contribution in [0.1, 0.15) is 31.2 Å². The first-order valence-corrected chi connectivity index (χ1v) is 10.2. The molecule has 0 radical (unpaired) electrons. The molecule has 1 saturated carbocycles. The number of nitro benzene ring substituents is 1. The molecule has 1 aromatic carbocycles. The Morgan fingerprint density at radius 3 is 2.48 bits per heavy atom. The molecule has 1 N–H and O–H groups in total. The minimum absolute atomic E-state index is 0.0213. The fourth-order valence-electron chi connectivity index (χ4n) is 3.11. The Hall–Kier alpha value is -2.52. The maximum absolute atomic E-state index is 12.6. The lowest BCUT2D eigenvalue weighted by molar-refractivity contribution is -0.387. The van der Waals surface area contributed by atoms with E-state index in [-0.39, 0.29) is 17.0 Å². The highest BCUT2D eigenvalue weighted by molar-refractivity contribution is 7.89. The molecule has 0 atom stereocenters. The zero-order chi connectivity index (χ0) is 19.4. The Kier molecular flexibility index (Phi) is 5.71. The summed E-state index contributed by atoms with van der Waals surface area (Å²) in [6.45, 7) is 1.95. The third-order valence-corrected chi connectivity index (χ3v) is 6.09. The summed E-state index contributed by atoms with van der Waals surface area (Å²) in [5.41, 5.74) is 0.628. The summed E-state index contributed by atoms with van der Waals surface area (Å²) in [4.78, 5) is 14.3. The monoisotopic (exact) mass is 391 g/mol. The quantitative estimate of drug-likeness (QED) is 0.598. The largest absolute Gasteiger partial charge is 0.474 e. The molecule has 0 amide bonds. The van der Waals surface area contributed by atoms with Gasteiger partial charge in [0.05, 0.1) is 4.92 Å². The number of hydrogen-bond acceptors (Lipinski definition) is 6. The Bertz CT molecular complexity index is 907. The minimum atomic E-state index is -3.96. The van der Waals surface area contributed by atoms with Gasteiger partial charge in [0.2, 0.25) is 15.9 Å². The Labute approximate surface area is 157 Å². The van der Waals surface area contributed by atoms with Crippen molar-refractivity contribution in [3.05, 3.63) is 58.3 Å². The van der Waals surface area contributed by atoms with Crippen molar-refractivity contribution in [3.63, 3.8) is 0 Å². The molecule has 8 nitrogen and oxygen atoms in total. The molecule has 0 spiro atoms. The summed E-state index contributed by atoms with van der Waals surface area (Å²) in [7, 11) is -3.96. The van der Waals surface area contributed by atoms with Crippen molar-refractivity contribution < 1.29 is 18.1 Å². The van der Waals surface area contributed by atoms with Crippen molar-refractivity contribution in [2.45, 2.75) is 49.6 Å². The molecule has 1 fully saturated rings. The second-order valence-electron chi connectivity index (χ2n) is 6.61. The Balaban J connectivity index is 1.60. The number of nitrogens with one attached hydrogen (secondary N) is 1. The molecule has 144 valence electrons. The van der Waals surface area contributed by atoms with E-state index in [1.54, 1.807) is 6.20 Å². The zero-order valence-corrected chi connectivity index (χ0v) is 15.7. The predicted molar refractivity (Wildman–Crippen MR) is 99.1 cm³/mol. The number of hydrogen-bond donors (Lipinski definition) is 1. The number of rotatable bonds is 6. The van der Waals surface area contributed by atoms with Crippen molar-refractivity contribution in [2.24, 2.45) is 0 Å². The molecule has 2 aromatic rings. The van der Waals surface area contributed by atoms with Gasteiger partial charge in [-0.15, -0.1) is 0 Å². The van der Waals surface area contributed by atoms with Crippen molar-refractivity contribution in [3.8, 4) is 5.88 Å². The fourth-order valence-corrected chi connectivity index (χ4v) is 4.59. The molecule has 0 saturated heterocycles. The average Bonchev–Trinajstić information content (AvgIpc) is 2.65. The molecule has 3 rings (SSSR count). The molecule has 1 heterocycles. The maximum Gasteiger partial charge on any atom is 0.289 e. The zero-order valence-electron chi connectivity index (χ0n) is 14.9. The summed E-state index contributed by atoms with van der Waals surface area (Å²) in [5.74, 6) is 0.560. The molecule has 1 aromatic heterocycles. The van der Waals surface area contributed by atoms with E-state index in [2.05, 4.69) is 9.71 Å². The highest BCUT2D eigenvalue weighted by Gasteiger charge is 2.30. The van der Waals surface area contributed by atoms with Gasteiger partial charge in [-0.1, -0.05) is 18.2 Å². The van der Waals surface area contributed by atoms with E-state index in [0.29, 0.717) is 31.6 Å². The lowest BCUT2D eigenvalue weighted by atomic mass is 9.94. The minimum Gasteiger partial charge on any atom is -0.474 e. The lowest BCUT2D eigenvalue weighted by Gasteiger charge is -2.29. The molecule has 0 unspecified atom stereocenters. The number of benzene rings is 1. The van der Waals surface area contributed by atoms with Crippen LogP contribution in [0.4, 0.5) is 5.69 Å². The van der Waals surface area contributed by atoms with E-state index in [1.807, 2.05) is 19.1 Å². The van der Waals surface area contributed by atoms with Crippen LogP contribution in [0.15, 0.2) is 47.5 Å². The number of nitro groups is 1. The standard InChI is InChI=1S/C18H21N3O5S/c1-13-6-11-18(19-12-13)26-15-9-7-14(8-10-15)20-27(24,25)17-5-3-2-4-16(17)21(22)23/h2-6,11-12,14-15,20H,7-10H2,1H3. The van der Waals surface area contributed by atoms with Gasteiger partial charge >= 0.3 is 0 Å². The summed E-state index contributed by atoms with van der Waals surface area (Å²) < 4.78 is 33.6. The molecule has 27 heavy (non-hydrogen) atoms. The van der Waals surface area contributed by atoms with E-state index in [0.717, 1.165) is 5.56 Å². The molecule has 0 bridgehead atoms. The number of nitrogens with zero attached hydrogens (tertiary/aromatic N) is 2. The molecule has 1 aliphatic carbocycles. The van der Waals surface area contributed by atoms with Crippen LogP contribution in [0, 0.1) is 17.0 Å². The smallest absolute Gasteiger partial charge is 0.289 e. The van der Waals surface area contributed by atoms with Crippen LogP contribution in [0.2, 0.25) is 0 Å². The first-order valence-electron chi connectivity index (χ1n) is 8.70. The number of ether oxygens (including phenoxy) is 1. The van der Waals surface area contributed by atoms with Gasteiger partial charge in [-0.3, -0.25) is 10.1 Å². The van der Waals surface area contributed by atoms with Gasteiger partial charge in [0.1, 0.15) is 6.10 Å². The third-order valence-electron chi connectivity index (χ3n) is 4.52. The second kappa shape index (κ2) is 8.01. The van der Waals surface area contributed by atoms with E-state index in [9.17, 15) is 18.5 Å². The SMILES string of the molecule is Cc1ccc(OC2CCC(NS(=O)(=O)c3ccccc3[N+](=O)[O-])CC2)nc1. The van der Waals surface area contributed by atoms with Crippen molar-refractivity contribution in [1.82, 2.24) is 9.71 Å². The number of aryl methyl sites for hydroxylation is 1. The van der Waals surface area contributed by atoms with Crippen LogP contribution in [-0.4, -0.2) is 30.5 Å². The van der Waals surface area contributed by atoms with Gasteiger partial charge < -0.3 is 4.74 Å². The van der Waals surface area contributed by atoms with Crippen LogP contribution in [-0.2, 0) is 10.0 Å². The third kappa shape index (κ3) is 4.81. The van der Waals surface area contributed by atoms with Gasteiger partial charge in [-0.2, -0.15) is 0 Å². The fraction of sp³-hybridized carbons (Fsp3) is 0.389. The molecule has 9 heteroatoms. The van der Waals surface area contributed by atoms with Crippen LogP contribution in [0.5, 0.6) is 5.88 Å². The van der Waals surface area contributed by atoms with E-state index in [1.165, 1.54) is 24.3 Å². The summed E-state index contributed by atoms with van der Waals surface area (Å²) in [6, 6.07) is 8.82.